The van der Waals surface area contributed by atoms with Crippen molar-refractivity contribution < 1.29 is 9.84 Å². The fraction of sp³-hybridized carbons (Fsp3) is 0.760. The number of benzene rings is 1. The molecule has 1 saturated carbocycles. The summed E-state index contributed by atoms with van der Waals surface area (Å²) in [7, 11) is 0. The summed E-state index contributed by atoms with van der Waals surface area (Å²) in [6, 6.07) is 9.06. The van der Waals surface area contributed by atoms with Gasteiger partial charge in [0.2, 0.25) is 0 Å². The number of hydrogen-bond acceptors (Lipinski definition) is 4. The zero-order valence-electron chi connectivity index (χ0n) is 18.2. The van der Waals surface area contributed by atoms with E-state index in [1.807, 2.05) is 0 Å². The topological polar surface area (TPSA) is 35.9 Å². The first-order valence-electron chi connectivity index (χ1n) is 12.1. The largest absolute Gasteiger partial charge is 0.494 e. The molecule has 0 radical (unpaired) electrons. The van der Waals surface area contributed by atoms with Crippen LogP contribution in [0.15, 0.2) is 24.3 Å². The first-order chi connectivity index (χ1) is 14.2. The third kappa shape index (κ3) is 5.74. The molecule has 0 unspecified atom stereocenters. The number of aliphatic hydroxyl groups is 1. The van der Waals surface area contributed by atoms with Crippen LogP contribution in [-0.4, -0.2) is 66.9 Å². The van der Waals surface area contributed by atoms with E-state index < -0.39 is 0 Å². The summed E-state index contributed by atoms with van der Waals surface area (Å²) in [5.41, 5.74) is 1.78. The number of aliphatic hydroxyl groups excluding tert-OH is 1. The summed E-state index contributed by atoms with van der Waals surface area (Å²) in [6.07, 6.45) is 12.3. The molecule has 29 heavy (non-hydrogen) atoms. The summed E-state index contributed by atoms with van der Waals surface area (Å²) < 4.78 is 6.04. The highest BCUT2D eigenvalue weighted by Crippen LogP contribution is 2.41. The van der Waals surface area contributed by atoms with E-state index >= 15 is 0 Å². The maximum absolute atomic E-state index is 9.85. The van der Waals surface area contributed by atoms with Gasteiger partial charge in [0, 0.05) is 31.6 Å². The zero-order valence-corrected chi connectivity index (χ0v) is 18.2. The Kier molecular flexibility index (Phi) is 7.49. The van der Waals surface area contributed by atoms with Crippen molar-refractivity contribution in [1.82, 2.24) is 9.80 Å². The van der Waals surface area contributed by atoms with Gasteiger partial charge in [0.15, 0.2) is 0 Å². The van der Waals surface area contributed by atoms with Crippen LogP contribution < -0.4 is 4.74 Å². The van der Waals surface area contributed by atoms with Crippen molar-refractivity contribution in [3.8, 4) is 5.75 Å². The average molecular weight is 401 g/mol. The van der Waals surface area contributed by atoms with Gasteiger partial charge in [-0.2, -0.15) is 0 Å². The van der Waals surface area contributed by atoms with Gasteiger partial charge in [-0.3, -0.25) is 0 Å². The average Bonchev–Trinajstić information content (AvgIpc) is 3.28. The van der Waals surface area contributed by atoms with E-state index in [0.717, 1.165) is 51.3 Å². The summed E-state index contributed by atoms with van der Waals surface area (Å²) in [5.74, 6) is 1.02. The molecule has 2 saturated heterocycles. The molecule has 3 fully saturated rings. The van der Waals surface area contributed by atoms with Gasteiger partial charge in [-0.1, -0.05) is 31.4 Å². The third-order valence-corrected chi connectivity index (χ3v) is 7.45. The SMILES string of the molecule is OC1CCN(CC2(c3ccc(OCCCN4CCCC4)cc3)CCCCC2)CC1. The molecule has 4 nitrogen and oxygen atoms in total. The number of likely N-dealkylation sites (tertiary alicyclic amines) is 2. The molecule has 0 amide bonds. The standard InChI is InChI=1S/C25H40N2O2/c28-23-11-18-27(19-12-23)21-25(13-2-1-3-14-25)22-7-9-24(10-8-22)29-20-6-17-26-15-4-5-16-26/h7-10,23,28H,1-6,11-21H2. The summed E-state index contributed by atoms with van der Waals surface area (Å²) >= 11 is 0. The van der Waals surface area contributed by atoms with E-state index in [1.165, 1.54) is 70.1 Å². The molecule has 1 aromatic rings. The third-order valence-electron chi connectivity index (χ3n) is 7.45. The van der Waals surface area contributed by atoms with Crippen molar-refractivity contribution in [3.63, 3.8) is 0 Å². The zero-order chi connectivity index (χ0) is 19.9. The Morgan fingerprint density at radius 1 is 0.862 bits per heavy atom. The smallest absolute Gasteiger partial charge is 0.119 e. The predicted molar refractivity (Wildman–Crippen MR) is 119 cm³/mol. The quantitative estimate of drug-likeness (QED) is 0.663. The van der Waals surface area contributed by atoms with Crippen molar-refractivity contribution in [3.05, 3.63) is 29.8 Å². The van der Waals surface area contributed by atoms with Crippen LogP contribution in [0.1, 0.15) is 69.8 Å². The van der Waals surface area contributed by atoms with E-state index in [9.17, 15) is 5.11 Å². The second kappa shape index (κ2) is 10.3. The van der Waals surface area contributed by atoms with E-state index in [1.54, 1.807) is 0 Å². The molecule has 0 bridgehead atoms. The monoisotopic (exact) mass is 400 g/mol. The van der Waals surface area contributed by atoms with Gasteiger partial charge < -0.3 is 19.6 Å². The van der Waals surface area contributed by atoms with Crippen molar-refractivity contribution >= 4 is 0 Å². The Morgan fingerprint density at radius 3 is 2.24 bits per heavy atom. The Balaban J connectivity index is 1.32. The van der Waals surface area contributed by atoms with Gasteiger partial charge in [-0.25, -0.2) is 0 Å². The van der Waals surface area contributed by atoms with Crippen LogP contribution in [0.3, 0.4) is 0 Å². The fourth-order valence-electron chi connectivity index (χ4n) is 5.66. The minimum atomic E-state index is -0.0875. The molecular weight excluding hydrogens is 360 g/mol. The molecule has 1 aliphatic carbocycles. The molecule has 0 aromatic heterocycles. The lowest BCUT2D eigenvalue weighted by molar-refractivity contribution is 0.0639. The highest BCUT2D eigenvalue weighted by atomic mass is 16.5. The molecule has 162 valence electrons. The van der Waals surface area contributed by atoms with Crippen LogP contribution >= 0.6 is 0 Å². The van der Waals surface area contributed by atoms with Gasteiger partial charge in [0.05, 0.1) is 12.7 Å². The molecule has 2 aliphatic heterocycles. The molecule has 1 N–H and O–H groups in total. The summed E-state index contributed by atoms with van der Waals surface area (Å²) in [4.78, 5) is 5.15. The van der Waals surface area contributed by atoms with Crippen molar-refractivity contribution in [2.24, 2.45) is 0 Å². The first kappa shape index (κ1) is 21.1. The minimum Gasteiger partial charge on any atom is -0.494 e. The van der Waals surface area contributed by atoms with Gasteiger partial charge in [0.1, 0.15) is 5.75 Å². The fourth-order valence-corrected chi connectivity index (χ4v) is 5.66. The van der Waals surface area contributed by atoms with Crippen LogP contribution in [0, 0.1) is 0 Å². The maximum Gasteiger partial charge on any atom is 0.119 e. The second-order valence-corrected chi connectivity index (χ2v) is 9.62. The Hall–Kier alpha value is -1.10. The Labute approximate surface area is 177 Å². The molecule has 1 aromatic carbocycles. The minimum absolute atomic E-state index is 0.0875. The van der Waals surface area contributed by atoms with Gasteiger partial charge in [-0.15, -0.1) is 0 Å². The van der Waals surface area contributed by atoms with Gasteiger partial charge >= 0.3 is 0 Å². The Bertz CT molecular complexity index is 598. The molecular formula is C25H40N2O2. The van der Waals surface area contributed by atoms with Crippen molar-refractivity contribution in [2.45, 2.75) is 75.7 Å². The van der Waals surface area contributed by atoms with Crippen LogP contribution in [0.4, 0.5) is 0 Å². The highest BCUT2D eigenvalue weighted by Gasteiger charge is 2.36. The van der Waals surface area contributed by atoms with E-state index in [4.69, 9.17) is 4.74 Å². The van der Waals surface area contributed by atoms with Gasteiger partial charge in [0.25, 0.3) is 0 Å². The molecule has 3 aliphatic rings. The molecule has 4 rings (SSSR count). The first-order valence-corrected chi connectivity index (χ1v) is 12.1. The highest BCUT2D eigenvalue weighted by molar-refractivity contribution is 5.33. The molecule has 0 atom stereocenters. The summed E-state index contributed by atoms with van der Waals surface area (Å²) in [6.45, 7) is 7.76. The van der Waals surface area contributed by atoms with Crippen LogP contribution in [0.5, 0.6) is 5.75 Å². The maximum atomic E-state index is 9.85. The lowest BCUT2D eigenvalue weighted by Crippen LogP contribution is -2.46. The molecule has 2 heterocycles. The lowest BCUT2D eigenvalue weighted by atomic mass is 9.69. The van der Waals surface area contributed by atoms with Crippen molar-refractivity contribution in [1.29, 1.82) is 0 Å². The normalized spacial score (nSPS) is 24.0. The van der Waals surface area contributed by atoms with Gasteiger partial charge in [-0.05, 0) is 75.7 Å². The van der Waals surface area contributed by atoms with E-state index in [0.29, 0.717) is 0 Å². The van der Waals surface area contributed by atoms with Crippen LogP contribution in [-0.2, 0) is 5.41 Å². The number of rotatable bonds is 8. The lowest BCUT2D eigenvalue weighted by Gasteiger charge is -2.43. The van der Waals surface area contributed by atoms with E-state index in [2.05, 4.69) is 34.1 Å². The van der Waals surface area contributed by atoms with E-state index in [-0.39, 0.29) is 11.5 Å². The number of ether oxygens (including phenoxy) is 1. The van der Waals surface area contributed by atoms with Crippen molar-refractivity contribution in [2.75, 3.05) is 45.9 Å². The number of piperidine rings is 1. The van der Waals surface area contributed by atoms with Crippen LogP contribution in [0.25, 0.3) is 0 Å². The molecule has 4 heteroatoms. The summed E-state index contributed by atoms with van der Waals surface area (Å²) in [5, 5.41) is 9.85. The predicted octanol–water partition coefficient (Wildman–Crippen LogP) is 4.21. The second-order valence-electron chi connectivity index (χ2n) is 9.62. The number of nitrogens with zero attached hydrogens (tertiary/aromatic N) is 2. The molecule has 0 spiro atoms. The van der Waals surface area contributed by atoms with Crippen LogP contribution in [0.2, 0.25) is 0 Å². The number of hydrogen-bond donors (Lipinski definition) is 1. The Morgan fingerprint density at radius 2 is 1.55 bits per heavy atom.